The van der Waals surface area contributed by atoms with Crippen molar-refractivity contribution in [3.8, 4) is 0 Å². The van der Waals surface area contributed by atoms with Crippen LogP contribution in [0, 0.1) is 10.1 Å². The van der Waals surface area contributed by atoms with Crippen molar-refractivity contribution in [2.45, 2.75) is 6.18 Å². The quantitative estimate of drug-likeness (QED) is 0.661. The Labute approximate surface area is 98.9 Å². The third kappa shape index (κ3) is 2.34. The molecule has 1 aromatic carbocycles. The lowest BCUT2D eigenvalue weighted by Crippen LogP contribution is -2.04. The van der Waals surface area contributed by atoms with Gasteiger partial charge >= 0.3 is 6.18 Å². The van der Waals surface area contributed by atoms with Crippen molar-refractivity contribution in [1.29, 1.82) is 0 Å². The summed E-state index contributed by atoms with van der Waals surface area (Å²) < 4.78 is 37.4. The minimum atomic E-state index is -4.41. The van der Waals surface area contributed by atoms with Crippen molar-refractivity contribution < 1.29 is 18.1 Å². The summed E-state index contributed by atoms with van der Waals surface area (Å²) >= 11 is 0. The largest absolute Gasteiger partial charge is 0.416 e. The molecule has 18 heavy (non-hydrogen) atoms. The highest BCUT2D eigenvalue weighted by molar-refractivity contribution is 5.89. The number of aromatic amines is 1. The van der Waals surface area contributed by atoms with Crippen molar-refractivity contribution in [1.82, 2.24) is 4.98 Å². The molecule has 0 unspecified atom stereocenters. The first-order chi connectivity index (χ1) is 8.38. The first kappa shape index (κ1) is 12.2. The number of nitrogens with one attached hydrogen (secondary N) is 1. The van der Waals surface area contributed by atoms with E-state index >= 15 is 0 Å². The van der Waals surface area contributed by atoms with E-state index in [9.17, 15) is 23.3 Å². The number of rotatable bonds is 2. The summed E-state index contributed by atoms with van der Waals surface area (Å²) in [6.07, 6.45) is -1.02. The molecular formula is C11H7F3N2O2. The van der Waals surface area contributed by atoms with Crippen LogP contribution in [0.4, 0.5) is 13.2 Å². The number of H-pyrrole nitrogens is 1. The number of benzene rings is 1. The van der Waals surface area contributed by atoms with Gasteiger partial charge in [0.2, 0.25) is 6.20 Å². The number of hydrogen-bond acceptors (Lipinski definition) is 2. The first-order valence-electron chi connectivity index (χ1n) is 4.88. The molecule has 1 N–H and O–H groups in total. The Morgan fingerprint density at radius 1 is 1.33 bits per heavy atom. The predicted molar refractivity (Wildman–Crippen MR) is 59.3 cm³/mol. The zero-order valence-corrected chi connectivity index (χ0v) is 8.86. The molecule has 0 aliphatic rings. The van der Waals surface area contributed by atoms with Gasteiger partial charge in [0, 0.05) is 28.7 Å². The molecule has 0 bridgehead atoms. The number of halogens is 3. The van der Waals surface area contributed by atoms with Crippen molar-refractivity contribution in [2.24, 2.45) is 0 Å². The van der Waals surface area contributed by atoms with E-state index in [-0.39, 0.29) is 5.52 Å². The third-order valence-electron chi connectivity index (χ3n) is 2.42. The number of alkyl halides is 3. The topological polar surface area (TPSA) is 58.9 Å². The van der Waals surface area contributed by atoms with Gasteiger partial charge in [0.25, 0.3) is 0 Å². The lowest BCUT2D eigenvalue weighted by Gasteiger charge is -2.05. The highest BCUT2D eigenvalue weighted by Crippen LogP contribution is 2.32. The molecule has 0 saturated heterocycles. The van der Waals surface area contributed by atoms with Crippen LogP contribution in [0.2, 0.25) is 0 Å². The maximum Gasteiger partial charge on any atom is 0.416 e. The lowest BCUT2D eigenvalue weighted by atomic mass is 10.1. The zero-order chi connectivity index (χ0) is 13.3. The number of fused-ring (bicyclic) bond motifs is 1. The van der Waals surface area contributed by atoms with Crippen molar-refractivity contribution >= 4 is 17.0 Å². The van der Waals surface area contributed by atoms with Gasteiger partial charge < -0.3 is 4.98 Å². The van der Waals surface area contributed by atoms with Gasteiger partial charge in [-0.3, -0.25) is 10.1 Å². The Kier molecular flexibility index (Phi) is 2.82. The van der Waals surface area contributed by atoms with E-state index in [2.05, 4.69) is 4.98 Å². The Balaban J connectivity index is 2.47. The van der Waals surface area contributed by atoms with Crippen LogP contribution in [0.15, 0.2) is 30.6 Å². The maximum atomic E-state index is 12.5. The summed E-state index contributed by atoms with van der Waals surface area (Å²) in [7, 11) is 0. The van der Waals surface area contributed by atoms with Gasteiger partial charge in [-0.25, -0.2) is 0 Å². The standard InChI is InChI=1S/C11H7F3N2O2/c12-11(13,14)8-1-2-9-7(3-4-16(17)18)6-15-10(9)5-8/h1-6,15H/b4-3-. The average Bonchev–Trinajstić information content (AvgIpc) is 2.67. The summed E-state index contributed by atoms with van der Waals surface area (Å²) in [6.45, 7) is 0. The van der Waals surface area contributed by atoms with Crippen LogP contribution in [0.1, 0.15) is 11.1 Å². The summed E-state index contributed by atoms with van der Waals surface area (Å²) in [6, 6.07) is 3.20. The van der Waals surface area contributed by atoms with Crippen molar-refractivity contribution in [2.75, 3.05) is 0 Å². The fraction of sp³-hybridized carbons (Fsp3) is 0.0909. The van der Waals surface area contributed by atoms with Crippen LogP contribution >= 0.6 is 0 Å². The molecule has 4 nitrogen and oxygen atoms in total. The molecule has 0 saturated carbocycles. The van der Waals surface area contributed by atoms with Crippen LogP contribution in [0.5, 0.6) is 0 Å². The highest BCUT2D eigenvalue weighted by Gasteiger charge is 2.30. The molecule has 2 rings (SSSR count). The SMILES string of the molecule is O=[N+]([O-])/C=C\c1c[nH]c2cc(C(F)(F)F)ccc12. The van der Waals surface area contributed by atoms with Crippen LogP contribution < -0.4 is 0 Å². The van der Waals surface area contributed by atoms with Gasteiger partial charge in [-0.2, -0.15) is 13.2 Å². The average molecular weight is 256 g/mol. The first-order valence-corrected chi connectivity index (χ1v) is 4.88. The summed E-state index contributed by atoms with van der Waals surface area (Å²) in [5, 5.41) is 10.7. The van der Waals surface area contributed by atoms with Crippen LogP contribution in [-0.4, -0.2) is 9.91 Å². The summed E-state index contributed by atoms with van der Waals surface area (Å²) in [5.74, 6) is 0. The molecule has 0 atom stereocenters. The molecule has 94 valence electrons. The summed E-state index contributed by atoms with van der Waals surface area (Å²) in [5.41, 5.74) is -0.00935. The Hall–Kier alpha value is -2.31. The van der Waals surface area contributed by atoms with E-state index in [0.29, 0.717) is 10.9 Å². The van der Waals surface area contributed by atoms with Gasteiger partial charge in [-0.15, -0.1) is 0 Å². The van der Waals surface area contributed by atoms with Crippen LogP contribution in [-0.2, 0) is 6.18 Å². The maximum absolute atomic E-state index is 12.5. The summed E-state index contributed by atoms with van der Waals surface area (Å²) in [4.78, 5) is 12.2. The van der Waals surface area contributed by atoms with Crippen molar-refractivity contribution in [3.05, 3.63) is 51.8 Å². The van der Waals surface area contributed by atoms with E-state index in [1.54, 1.807) is 0 Å². The van der Waals surface area contributed by atoms with E-state index in [1.807, 2.05) is 0 Å². The normalized spacial score (nSPS) is 12.4. The fourth-order valence-corrected chi connectivity index (χ4v) is 1.60. The molecule has 2 aromatic rings. The number of nitro groups is 1. The monoisotopic (exact) mass is 256 g/mol. The molecule has 1 aromatic heterocycles. The fourth-order valence-electron chi connectivity index (χ4n) is 1.60. The molecule has 0 radical (unpaired) electrons. The zero-order valence-electron chi connectivity index (χ0n) is 8.86. The molecule has 0 aliphatic heterocycles. The van der Waals surface area contributed by atoms with E-state index in [0.717, 1.165) is 18.3 Å². The molecular weight excluding hydrogens is 249 g/mol. The molecule has 7 heteroatoms. The Morgan fingerprint density at radius 3 is 2.67 bits per heavy atom. The second kappa shape index (κ2) is 4.17. The van der Waals surface area contributed by atoms with Gasteiger partial charge in [0.1, 0.15) is 0 Å². The van der Waals surface area contributed by atoms with E-state index in [1.165, 1.54) is 18.3 Å². The third-order valence-corrected chi connectivity index (χ3v) is 2.42. The minimum absolute atomic E-state index is 0.285. The lowest BCUT2D eigenvalue weighted by molar-refractivity contribution is -0.400. The highest BCUT2D eigenvalue weighted by atomic mass is 19.4. The van der Waals surface area contributed by atoms with Gasteiger partial charge in [-0.1, -0.05) is 6.07 Å². The van der Waals surface area contributed by atoms with Gasteiger partial charge in [-0.05, 0) is 12.1 Å². The van der Waals surface area contributed by atoms with Crippen molar-refractivity contribution in [3.63, 3.8) is 0 Å². The van der Waals surface area contributed by atoms with E-state index in [4.69, 9.17) is 0 Å². The smallest absolute Gasteiger partial charge is 0.361 e. The minimum Gasteiger partial charge on any atom is -0.361 e. The number of aromatic nitrogens is 1. The molecule has 0 amide bonds. The number of hydrogen-bond donors (Lipinski definition) is 1. The molecule has 0 aliphatic carbocycles. The van der Waals surface area contributed by atoms with Crippen LogP contribution in [0.25, 0.3) is 17.0 Å². The Morgan fingerprint density at radius 2 is 2.06 bits per heavy atom. The van der Waals surface area contributed by atoms with Gasteiger partial charge in [0.15, 0.2) is 0 Å². The second-order valence-corrected chi connectivity index (χ2v) is 3.60. The van der Waals surface area contributed by atoms with E-state index < -0.39 is 16.7 Å². The number of nitrogens with zero attached hydrogens (tertiary/aromatic N) is 1. The predicted octanol–water partition coefficient (Wildman–Crippen LogP) is 3.43. The molecule has 0 fully saturated rings. The molecule has 1 heterocycles. The van der Waals surface area contributed by atoms with Crippen LogP contribution in [0.3, 0.4) is 0 Å². The second-order valence-electron chi connectivity index (χ2n) is 3.60. The van der Waals surface area contributed by atoms with Gasteiger partial charge in [0.05, 0.1) is 10.5 Å². The Bertz CT molecular complexity index is 629. The molecule has 0 spiro atoms.